The molecular formula is C22H27F2N3O2. The van der Waals surface area contributed by atoms with Gasteiger partial charge in [0.25, 0.3) is 5.91 Å². The van der Waals surface area contributed by atoms with E-state index in [4.69, 9.17) is 10.5 Å². The summed E-state index contributed by atoms with van der Waals surface area (Å²) in [5.74, 6) is -2.96. The molecular weight excluding hydrogens is 376 g/mol. The first-order valence-electron chi connectivity index (χ1n) is 9.17. The Bertz CT molecular complexity index is 842. The maximum absolute atomic E-state index is 13.5. The van der Waals surface area contributed by atoms with Gasteiger partial charge in [-0.1, -0.05) is 32.6 Å². The van der Waals surface area contributed by atoms with Gasteiger partial charge < -0.3 is 15.8 Å². The van der Waals surface area contributed by atoms with Gasteiger partial charge in [0, 0.05) is 12.7 Å². The molecule has 3 N–H and O–H groups in total. The van der Waals surface area contributed by atoms with Crippen molar-refractivity contribution in [3.63, 3.8) is 0 Å². The number of allylic oxidation sites excluding steroid dienone is 2. The third-order valence-electron chi connectivity index (χ3n) is 3.88. The number of aryl methyl sites for hydroxylation is 1. The Morgan fingerprint density at radius 3 is 2.69 bits per heavy atom. The molecule has 0 unspecified atom stereocenters. The zero-order valence-corrected chi connectivity index (χ0v) is 16.8. The molecule has 1 aromatic carbocycles. The topological polar surface area (TPSA) is 76.7 Å². The van der Waals surface area contributed by atoms with Crippen molar-refractivity contribution < 1.29 is 18.3 Å². The third-order valence-corrected chi connectivity index (χ3v) is 3.88. The van der Waals surface area contributed by atoms with Gasteiger partial charge in [-0.2, -0.15) is 4.99 Å². The number of ether oxygens (including phenoxy) is 1. The number of benzene rings is 1. The average Bonchev–Trinajstić information content (AvgIpc) is 2.66. The summed E-state index contributed by atoms with van der Waals surface area (Å²) in [5.41, 5.74) is 6.82. The lowest BCUT2D eigenvalue weighted by Crippen LogP contribution is -2.15. The minimum Gasteiger partial charge on any atom is -0.494 e. The second kappa shape index (κ2) is 12.3. The lowest BCUT2D eigenvalue weighted by molar-refractivity contribution is -0.114. The van der Waals surface area contributed by atoms with Crippen molar-refractivity contribution in [1.82, 2.24) is 5.32 Å². The van der Waals surface area contributed by atoms with Crippen LogP contribution < -0.4 is 15.8 Å². The largest absolute Gasteiger partial charge is 0.494 e. The molecule has 0 atom stereocenters. The van der Waals surface area contributed by atoms with E-state index in [1.807, 2.05) is 25.1 Å². The molecule has 7 heteroatoms. The number of nitrogens with one attached hydrogen (secondary N) is 1. The molecule has 0 heterocycles. The van der Waals surface area contributed by atoms with Gasteiger partial charge in [-0.25, -0.2) is 8.78 Å². The summed E-state index contributed by atoms with van der Waals surface area (Å²) in [5, 5.41) is 3.02. The number of carbonyl (C=O) groups is 1. The van der Waals surface area contributed by atoms with Crippen molar-refractivity contribution in [1.29, 1.82) is 0 Å². The van der Waals surface area contributed by atoms with Crippen LogP contribution in [0.15, 0.2) is 71.9 Å². The van der Waals surface area contributed by atoms with Crippen molar-refractivity contribution in [3.8, 4) is 5.75 Å². The summed E-state index contributed by atoms with van der Waals surface area (Å²) >= 11 is 0. The molecule has 0 spiro atoms. The predicted molar refractivity (Wildman–Crippen MR) is 113 cm³/mol. The first kappa shape index (κ1) is 23.8. The summed E-state index contributed by atoms with van der Waals surface area (Å²) in [7, 11) is 0. The van der Waals surface area contributed by atoms with Crippen LogP contribution in [0.5, 0.6) is 5.75 Å². The molecule has 0 radical (unpaired) electrons. The van der Waals surface area contributed by atoms with E-state index < -0.39 is 23.1 Å². The van der Waals surface area contributed by atoms with Crippen LogP contribution in [0.1, 0.15) is 30.9 Å². The van der Waals surface area contributed by atoms with Crippen LogP contribution in [0, 0.1) is 6.92 Å². The average molecular weight is 403 g/mol. The van der Waals surface area contributed by atoms with Crippen LogP contribution in [0.3, 0.4) is 0 Å². The maximum Gasteiger partial charge on any atom is 0.284 e. The number of halogens is 2. The Balaban J connectivity index is 2.67. The van der Waals surface area contributed by atoms with Gasteiger partial charge in [-0.15, -0.1) is 0 Å². The van der Waals surface area contributed by atoms with Gasteiger partial charge in [0.05, 0.1) is 6.61 Å². The number of hydrogen-bond acceptors (Lipinski definition) is 3. The maximum atomic E-state index is 13.5. The van der Waals surface area contributed by atoms with E-state index in [0.29, 0.717) is 19.2 Å². The summed E-state index contributed by atoms with van der Waals surface area (Å²) < 4.78 is 32.4. The van der Waals surface area contributed by atoms with Crippen molar-refractivity contribution >= 4 is 11.7 Å². The van der Waals surface area contributed by atoms with E-state index in [9.17, 15) is 13.6 Å². The number of amidine groups is 1. The molecule has 0 fully saturated rings. The monoisotopic (exact) mass is 403 g/mol. The minimum absolute atomic E-state index is 0.213. The van der Waals surface area contributed by atoms with Crippen molar-refractivity contribution in [3.05, 3.63) is 78.1 Å². The second-order valence-corrected chi connectivity index (χ2v) is 6.18. The highest BCUT2D eigenvalue weighted by Crippen LogP contribution is 2.19. The van der Waals surface area contributed by atoms with E-state index in [1.54, 1.807) is 0 Å². The lowest BCUT2D eigenvalue weighted by atomic mass is 10.1. The standard InChI is InChI=1S/C22H27F2N3O2/c1-5-7-12-29-18-9-8-17(15(3)13-18)14-26-11-10-20(25)27-22(28)21(16(4)23)19(24)6-2/h6,8-11,13,26H,2,4-5,7,12,14H2,1,3H3,(H2,25,27,28)/b11-10-,21-19-. The normalized spacial score (nSPS) is 12.5. The van der Waals surface area contributed by atoms with Gasteiger partial charge in [0.15, 0.2) is 0 Å². The number of aliphatic imine (C=N–C) groups is 1. The predicted octanol–water partition coefficient (Wildman–Crippen LogP) is 4.55. The van der Waals surface area contributed by atoms with Crippen LogP contribution in [-0.4, -0.2) is 18.3 Å². The van der Waals surface area contributed by atoms with Crippen molar-refractivity contribution in [2.45, 2.75) is 33.2 Å². The van der Waals surface area contributed by atoms with Crippen LogP contribution in [-0.2, 0) is 11.3 Å². The summed E-state index contributed by atoms with van der Waals surface area (Å²) in [4.78, 5) is 15.3. The van der Waals surface area contributed by atoms with Gasteiger partial charge in [0.2, 0.25) is 0 Å². The Morgan fingerprint density at radius 2 is 2.10 bits per heavy atom. The summed E-state index contributed by atoms with van der Waals surface area (Å²) in [6.45, 7) is 11.3. The van der Waals surface area contributed by atoms with Crippen molar-refractivity contribution in [2.24, 2.45) is 10.7 Å². The quantitative estimate of drug-likeness (QED) is 0.187. The second-order valence-electron chi connectivity index (χ2n) is 6.18. The van der Waals surface area contributed by atoms with Crippen LogP contribution in [0.4, 0.5) is 8.78 Å². The Morgan fingerprint density at radius 1 is 1.38 bits per heavy atom. The Kier molecular flexibility index (Phi) is 10.1. The van der Waals surface area contributed by atoms with Gasteiger partial charge in [0.1, 0.15) is 28.8 Å². The molecule has 156 valence electrons. The SMILES string of the molecule is C=C/C(F)=C(\C(=C)F)C(=O)N=C(N)/C=C\NCc1ccc(OCCCC)cc1C. The molecule has 0 aliphatic rings. The number of nitrogens with two attached hydrogens (primary N) is 1. The zero-order chi connectivity index (χ0) is 21.8. The number of nitrogens with zero attached hydrogens (tertiary/aromatic N) is 1. The molecule has 0 aliphatic carbocycles. The number of unbranched alkanes of at least 4 members (excludes halogenated alkanes) is 1. The van der Waals surface area contributed by atoms with Crippen molar-refractivity contribution in [2.75, 3.05) is 6.61 Å². The molecule has 1 rings (SSSR count). The van der Waals surface area contributed by atoms with Gasteiger partial charge >= 0.3 is 0 Å². The van der Waals surface area contributed by atoms with Crippen LogP contribution in [0.2, 0.25) is 0 Å². The Labute approximate surface area is 170 Å². The number of rotatable bonds is 11. The first-order valence-corrected chi connectivity index (χ1v) is 9.17. The van der Waals surface area contributed by atoms with E-state index in [-0.39, 0.29) is 5.84 Å². The molecule has 0 aromatic heterocycles. The van der Waals surface area contributed by atoms with Crippen LogP contribution in [0.25, 0.3) is 0 Å². The fraction of sp³-hybridized carbons (Fsp3) is 0.273. The minimum atomic E-state index is -1.25. The highest BCUT2D eigenvalue weighted by Gasteiger charge is 2.17. The zero-order valence-electron chi connectivity index (χ0n) is 16.8. The molecule has 5 nitrogen and oxygen atoms in total. The molecule has 29 heavy (non-hydrogen) atoms. The summed E-state index contributed by atoms with van der Waals surface area (Å²) in [6, 6.07) is 5.83. The first-order chi connectivity index (χ1) is 13.8. The number of hydrogen-bond donors (Lipinski definition) is 2. The molecule has 0 saturated carbocycles. The molecule has 0 aliphatic heterocycles. The molecule has 0 bridgehead atoms. The highest BCUT2D eigenvalue weighted by molar-refractivity contribution is 6.07. The van der Waals surface area contributed by atoms with Gasteiger partial charge in [-0.05, 0) is 48.8 Å². The fourth-order valence-electron chi connectivity index (χ4n) is 2.26. The van der Waals surface area contributed by atoms with E-state index >= 15 is 0 Å². The fourth-order valence-corrected chi connectivity index (χ4v) is 2.26. The Hall–Kier alpha value is -3.22. The smallest absolute Gasteiger partial charge is 0.284 e. The lowest BCUT2D eigenvalue weighted by Gasteiger charge is -2.10. The molecule has 0 saturated heterocycles. The van der Waals surface area contributed by atoms with E-state index in [1.165, 1.54) is 12.3 Å². The number of amides is 1. The number of carbonyl (C=O) groups excluding carboxylic acids is 1. The highest BCUT2D eigenvalue weighted by atomic mass is 19.1. The third kappa shape index (κ3) is 8.13. The van der Waals surface area contributed by atoms with E-state index in [2.05, 4.69) is 30.4 Å². The van der Waals surface area contributed by atoms with Crippen LogP contribution >= 0.6 is 0 Å². The molecule has 1 aromatic rings. The van der Waals surface area contributed by atoms with E-state index in [0.717, 1.165) is 29.7 Å². The molecule has 1 amide bonds. The summed E-state index contributed by atoms with van der Waals surface area (Å²) in [6.07, 6.45) is 5.60. The van der Waals surface area contributed by atoms with Gasteiger partial charge in [-0.3, -0.25) is 4.79 Å².